The second-order valence-electron chi connectivity index (χ2n) is 4.32. The second kappa shape index (κ2) is 9.23. The molecule has 0 amide bonds. The lowest BCUT2D eigenvalue weighted by atomic mass is 9.97. The molecule has 0 spiro atoms. The molecule has 3 nitrogen and oxygen atoms in total. The van der Waals surface area contributed by atoms with Gasteiger partial charge in [0.25, 0.3) is 0 Å². The number of hydrogen-bond donors (Lipinski definition) is 0. The normalized spacial score (nSPS) is 12.5. The number of rotatable bonds is 5. The van der Waals surface area contributed by atoms with Crippen molar-refractivity contribution in [3.8, 4) is 24.2 Å². The lowest BCUT2D eigenvalue weighted by Crippen LogP contribution is -2.13. The summed E-state index contributed by atoms with van der Waals surface area (Å²) in [6.45, 7) is 2.14. The van der Waals surface area contributed by atoms with Gasteiger partial charge in [-0.3, -0.25) is 4.79 Å². The highest BCUT2D eigenvalue weighted by molar-refractivity contribution is 9.10. The Kier molecular flexibility index (Phi) is 7.61. The van der Waals surface area contributed by atoms with Gasteiger partial charge in [-0.2, -0.15) is 0 Å². The molecular weight excluding hydrogens is 332 g/mol. The molecule has 0 N–H and O–H groups in total. The quantitative estimate of drug-likeness (QED) is 0.604. The van der Waals surface area contributed by atoms with E-state index in [0.717, 1.165) is 10.0 Å². The first kappa shape index (κ1) is 17.3. The number of carbonyl (C=O) groups is 1. The Balaban J connectivity index is 2.90. The van der Waals surface area contributed by atoms with Crippen molar-refractivity contribution in [1.82, 2.24) is 0 Å². The lowest BCUT2D eigenvalue weighted by Gasteiger charge is -2.21. The zero-order chi connectivity index (χ0) is 15.7. The molecular formula is C17H17BrO3. The summed E-state index contributed by atoms with van der Waals surface area (Å²) in [5.74, 6) is 7.83. The lowest BCUT2D eigenvalue weighted by molar-refractivity contribution is -0.139. The highest BCUT2D eigenvalue weighted by atomic mass is 79.9. The summed E-state index contributed by atoms with van der Waals surface area (Å²) < 4.78 is 11.2. The molecule has 1 aromatic rings. The highest BCUT2D eigenvalue weighted by Gasteiger charge is 2.20. The van der Waals surface area contributed by atoms with Gasteiger partial charge >= 0.3 is 5.97 Å². The summed E-state index contributed by atoms with van der Waals surface area (Å²) in [5.41, 5.74) is 0.979. The number of halogens is 1. The van der Waals surface area contributed by atoms with Crippen LogP contribution in [0.2, 0.25) is 0 Å². The van der Waals surface area contributed by atoms with Crippen LogP contribution < -0.4 is 0 Å². The van der Waals surface area contributed by atoms with Crippen molar-refractivity contribution >= 4 is 21.9 Å². The van der Waals surface area contributed by atoms with E-state index < -0.39 is 0 Å². The van der Waals surface area contributed by atoms with E-state index in [9.17, 15) is 4.79 Å². The zero-order valence-corrected chi connectivity index (χ0v) is 13.6. The van der Waals surface area contributed by atoms with Crippen LogP contribution in [-0.4, -0.2) is 19.7 Å². The molecule has 0 aliphatic carbocycles. The minimum Gasteiger partial charge on any atom is -0.468 e. The van der Waals surface area contributed by atoms with Crippen LogP contribution in [0.25, 0.3) is 0 Å². The van der Waals surface area contributed by atoms with Gasteiger partial charge in [0.2, 0.25) is 0 Å². The smallest absolute Gasteiger partial charge is 0.317 e. The van der Waals surface area contributed by atoms with E-state index >= 15 is 0 Å². The molecule has 0 unspecified atom stereocenters. The van der Waals surface area contributed by atoms with Gasteiger partial charge in [0.05, 0.1) is 13.2 Å². The molecule has 4 heteroatoms. The molecule has 0 aromatic heterocycles. The summed E-state index contributed by atoms with van der Waals surface area (Å²) in [6.07, 6.45) is 5.07. The summed E-state index contributed by atoms with van der Waals surface area (Å²) in [6, 6.07) is 7.76. The van der Waals surface area contributed by atoms with Crippen molar-refractivity contribution in [3.05, 3.63) is 34.3 Å². The molecule has 0 bridgehead atoms. The largest absolute Gasteiger partial charge is 0.468 e. The van der Waals surface area contributed by atoms with Gasteiger partial charge in [-0.15, -0.1) is 6.42 Å². The molecule has 21 heavy (non-hydrogen) atoms. The number of carbonyl (C=O) groups excluding carboxylic acids is 1. The van der Waals surface area contributed by atoms with E-state index in [-0.39, 0.29) is 31.0 Å². The Morgan fingerprint density at radius 2 is 2.14 bits per heavy atom. The number of esters is 1. The minimum absolute atomic E-state index is 0.0681. The SMILES string of the molecule is C#CCO[C@@H](c1ccccc1Br)[C@@H](C)C#CCC(=O)OC. The van der Waals surface area contributed by atoms with Gasteiger partial charge in [-0.05, 0) is 18.6 Å². The third-order valence-electron chi connectivity index (χ3n) is 2.80. The Morgan fingerprint density at radius 3 is 2.76 bits per heavy atom. The first-order valence-electron chi connectivity index (χ1n) is 6.44. The summed E-state index contributed by atoms with van der Waals surface area (Å²) in [4.78, 5) is 11.1. The Labute approximate surface area is 134 Å². The second-order valence-corrected chi connectivity index (χ2v) is 5.17. The highest BCUT2D eigenvalue weighted by Crippen LogP contribution is 2.31. The molecule has 0 heterocycles. The van der Waals surface area contributed by atoms with Crippen molar-refractivity contribution in [2.45, 2.75) is 19.4 Å². The van der Waals surface area contributed by atoms with Crippen molar-refractivity contribution in [1.29, 1.82) is 0 Å². The van der Waals surface area contributed by atoms with Crippen LogP contribution in [0.5, 0.6) is 0 Å². The summed E-state index contributed by atoms with van der Waals surface area (Å²) in [5, 5.41) is 0. The number of ether oxygens (including phenoxy) is 2. The van der Waals surface area contributed by atoms with Crippen LogP contribution in [0.1, 0.15) is 25.0 Å². The molecule has 0 radical (unpaired) electrons. The fraction of sp³-hybridized carbons (Fsp3) is 0.353. The summed E-state index contributed by atoms with van der Waals surface area (Å²) in [7, 11) is 1.34. The van der Waals surface area contributed by atoms with Gasteiger partial charge in [-0.25, -0.2) is 0 Å². The first-order chi connectivity index (χ1) is 10.1. The molecule has 0 fully saturated rings. The van der Waals surface area contributed by atoms with Gasteiger partial charge in [-0.1, -0.05) is 51.9 Å². The molecule has 1 rings (SSSR count). The van der Waals surface area contributed by atoms with E-state index in [1.54, 1.807) is 0 Å². The van der Waals surface area contributed by atoms with E-state index in [2.05, 4.69) is 38.4 Å². The van der Waals surface area contributed by atoms with Crippen LogP contribution in [0.15, 0.2) is 28.7 Å². The van der Waals surface area contributed by atoms with Gasteiger partial charge in [0.1, 0.15) is 13.0 Å². The zero-order valence-electron chi connectivity index (χ0n) is 12.1. The molecule has 0 saturated heterocycles. The van der Waals surface area contributed by atoms with Crippen LogP contribution in [-0.2, 0) is 14.3 Å². The van der Waals surface area contributed by atoms with Gasteiger partial charge < -0.3 is 9.47 Å². The third kappa shape index (κ3) is 5.63. The van der Waals surface area contributed by atoms with E-state index in [1.165, 1.54) is 7.11 Å². The molecule has 0 aliphatic heterocycles. The third-order valence-corrected chi connectivity index (χ3v) is 3.52. The maximum Gasteiger partial charge on any atom is 0.317 e. The number of terminal acetylenes is 1. The Bertz CT molecular complexity index is 578. The molecule has 0 saturated carbocycles. The number of hydrogen-bond acceptors (Lipinski definition) is 3. The van der Waals surface area contributed by atoms with Gasteiger partial charge in [0, 0.05) is 10.4 Å². The maximum absolute atomic E-state index is 11.1. The fourth-order valence-electron chi connectivity index (χ4n) is 1.78. The van der Waals surface area contributed by atoms with Crippen LogP contribution in [0.3, 0.4) is 0 Å². The standard InChI is InChI=1S/C17H17BrO3/c1-4-12-21-17(14-9-5-6-10-15(14)18)13(2)8-7-11-16(19)20-3/h1,5-6,9-10,13,17H,11-12H2,2-3H3/t13-,17+/m0/s1. The van der Waals surface area contributed by atoms with E-state index in [0.29, 0.717) is 0 Å². The van der Waals surface area contributed by atoms with E-state index in [4.69, 9.17) is 11.2 Å². The first-order valence-corrected chi connectivity index (χ1v) is 7.24. The van der Waals surface area contributed by atoms with Crippen molar-refractivity contribution < 1.29 is 14.3 Å². The van der Waals surface area contributed by atoms with Crippen molar-refractivity contribution in [2.24, 2.45) is 5.92 Å². The van der Waals surface area contributed by atoms with Crippen LogP contribution in [0, 0.1) is 30.1 Å². The molecule has 1 aromatic carbocycles. The average Bonchev–Trinajstić information content (AvgIpc) is 2.49. The monoisotopic (exact) mass is 348 g/mol. The van der Waals surface area contributed by atoms with Crippen molar-refractivity contribution in [2.75, 3.05) is 13.7 Å². The van der Waals surface area contributed by atoms with Crippen LogP contribution in [0.4, 0.5) is 0 Å². The predicted octanol–water partition coefficient (Wildman–Crippen LogP) is 3.34. The topological polar surface area (TPSA) is 35.5 Å². The fourth-order valence-corrected chi connectivity index (χ4v) is 2.29. The molecule has 2 atom stereocenters. The Hall–Kier alpha value is -1.75. The van der Waals surface area contributed by atoms with E-state index in [1.807, 2.05) is 31.2 Å². The van der Waals surface area contributed by atoms with Crippen molar-refractivity contribution in [3.63, 3.8) is 0 Å². The summed E-state index contributed by atoms with van der Waals surface area (Å²) >= 11 is 3.51. The number of benzene rings is 1. The number of methoxy groups -OCH3 is 1. The maximum atomic E-state index is 11.1. The Morgan fingerprint density at radius 1 is 1.43 bits per heavy atom. The van der Waals surface area contributed by atoms with Gasteiger partial charge in [0.15, 0.2) is 0 Å². The average molecular weight is 349 g/mol. The molecule has 110 valence electrons. The predicted molar refractivity (Wildman–Crippen MR) is 85.2 cm³/mol. The van der Waals surface area contributed by atoms with Crippen LogP contribution >= 0.6 is 15.9 Å². The molecule has 0 aliphatic rings. The minimum atomic E-state index is -0.350.